The fourth-order valence-electron chi connectivity index (χ4n) is 1.55. The molecule has 1 atom stereocenters. The zero-order chi connectivity index (χ0) is 10.4. The van der Waals surface area contributed by atoms with Crippen molar-refractivity contribution in [2.75, 3.05) is 26.7 Å². The largest absolute Gasteiger partial charge is 0.301 e. The first-order chi connectivity index (χ1) is 6.11. The van der Waals surface area contributed by atoms with Gasteiger partial charge < -0.3 is 4.90 Å². The van der Waals surface area contributed by atoms with Gasteiger partial charge in [-0.3, -0.25) is 4.90 Å². The molecule has 1 aliphatic rings. The summed E-state index contributed by atoms with van der Waals surface area (Å²) in [6.07, 6.45) is 8.00. The fourth-order valence-corrected chi connectivity index (χ4v) is 1.55. The number of likely N-dealkylation sites (N-methyl/N-ethyl adjacent to an activating group) is 1. The van der Waals surface area contributed by atoms with Crippen molar-refractivity contribution in [3.63, 3.8) is 0 Å². The smallest absolute Gasteiger partial charge is 0.0192 e. The van der Waals surface area contributed by atoms with Crippen LogP contribution < -0.4 is 0 Å². The van der Waals surface area contributed by atoms with Crippen molar-refractivity contribution in [1.29, 1.82) is 0 Å². The second-order valence-electron chi connectivity index (χ2n) is 3.92. The van der Waals surface area contributed by atoms with E-state index in [1.807, 2.05) is 0 Å². The van der Waals surface area contributed by atoms with Gasteiger partial charge in [-0.2, -0.15) is 0 Å². The number of hydrogen-bond donors (Lipinski definition) is 0. The summed E-state index contributed by atoms with van der Waals surface area (Å²) in [7, 11) is 2.21. The number of terminal acetylenes is 1. The maximum atomic E-state index is 4.00. The Morgan fingerprint density at radius 3 is 2.15 bits per heavy atom. The Labute approximate surface area is 82.9 Å². The molecule has 1 fully saturated rings. The van der Waals surface area contributed by atoms with E-state index < -0.39 is 0 Å². The van der Waals surface area contributed by atoms with Crippen molar-refractivity contribution in [2.45, 2.75) is 32.9 Å². The summed E-state index contributed by atoms with van der Waals surface area (Å²) < 4.78 is 0. The second-order valence-corrected chi connectivity index (χ2v) is 3.92. The molecule has 0 unspecified atom stereocenters. The van der Waals surface area contributed by atoms with Crippen LogP contribution in [-0.4, -0.2) is 48.6 Å². The van der Waals surface area contributed by atoms with Crippen molar-refractivity contribution < 1.29 is 0 Å². The van der Waals surface area contributed by atoms with Gasteiger partial charge in [0.15, 0.2) is 0 Å². The average molecular weight is 182 g/mol. The summed E-state index contributed by atoms with van der Waals surface area (Å²) in [5.41, 5.74) is 0. The van der Waals surface area contributed by atoms with Gasteiger partial charge in [0.1, 0.15) is 0 Å². The van der Waals surface area contributed by atoms with Gasteiger partial charge >= 0.3 is 0 Å². The summed E-state index contributed by atoms with van der Waals surface area (Å²) in [5, 5.41) is 0. The van der Waals surface area contributed by atoms with Gasteiger partial charge in [-0.25, -0.2) is 0 Å². The van der Waals surface area contributed by atoms with E-state index in [9.17, 15) is 0 Å². The molecule has 0 N–H and O–H groups in total. The van der Waals surface area contributed by atoms with Crippen LogP contribution in [0.2, 0.25) is 0 Å². The molecular formula is C11H22N2. The van der Waals surface area contributed by atoms with Crippen LogP contribution in [0.1, 0.15) is 20.8 Å². The Bertz CT molecular complexity index is 151. The Hall–Kier alpha value is -0.520. The molecule has 0 amide bonds. The van der Waals surface area contributed by atoms with Crippen LogP contribution in [0.3, 0.4) is 0 Å². The van der Waals surface area contributed by atoms with Gasteiger partial charge in [-0.05, 0) is 27.8 Å². The molecule has 0 bridgehead atoms. The van der Waals surface area contributed by atoms with Gasteiger partial charge in [0.05, 0.1) is 0 Å². The van der Waals surface area contributed by atoms with Gasteiger partial charge in [-0.1, -0.05) is 0 Å². The molecule has 0 aromatic carbocycles. The lowest BCUT2D eigenvalue weighted by atomic mass is 10.2. The molecule has 76 valence electrons. The predicted molar refractivity (Wildman–Crippen MR) is 58.7 cm³/mol. The Morgan fingerprint density at radius 2 is 1.77 bits per heavy atom. The molecule has 1 rings (SSSR count). The highest BCUT2D eigenvalue weighted by atomic mass is 15.3. The molecule has 0 aromatic rings. The minimum atomic E-state index is 0.714. The fraction of sp³-hybridized carbons (Fsp3) is 0.818. The molecule has 0 aromatic heterocycles. The summed E-state index contributed by atoms with van der Waals surface area (Å²) in [5.74, 6) is 0. The molecule has 1 aliphatic heterocycles. The van der Waals surface area contributed by atoms with Gasteiger partial charge in [0.2, 0.25) is 0 Å². The van der Waals surface area contributed by atoms with E-state index in [-0.39, 0.29) is 0 Å². The van der Waals surface area contributed by atoms with E-state index in [4.69, 9.17) is 0 Å². The van der Waals surface area contributed by atoms with Gasteiger partial charge in [0, 0.05) is 31.7 Å². The van der Waals surface area contributed by atoms with Crippen molar-refractivity contribution in [2.24, 2.45) is 0 Å². The van der Waals surface area contributed by atoms with Crippen molar-refractivity contribution in [3.05, 3.63) is 0 Å². The lowest BCUT2D eigenvalue weighted by Gasteiger charge is -2.39. The minimum Gasteiger partial charge on any atom is -0.301 e. The van der Waals surface area contributed by atoms with E-state index >= 15 is 0 Å². The maximum absolute atomic E-state index is 4.00. The van der Waals surface area contributed by atoms with E-state index in [1.165, 1.54) is 19.6 Å². The third kappa shape index (κ3) is 3.80. The lowest BCUT2D eigenvalue weighted by Crippen LogP contribution is -2.52. The molecule has 0 spiro atoms. The van der Waals surface area contributed by atoms with Crippen LogP contribution >= 0.6 is 0 Å². The molecule has 0 saturated carbocycles. The van der Waals surface area contributed by atoms with Crippen LogP contribution in [0.15, 0.2) is 0 Å². The van der Waals surface area contributed by atoms with E-state index in [2.05, 4.69) is 50.5 Å². The maximum Gasteiger partial charge on any atom is 0.0192 e. The molecular weight excluding hydrogens is 160 g/mol. The van der Waals surface area contributed by atoms with E-state index in [1.54, 1.807) is 0 Å². The normalized spacial score (nSPS) is 25.3. The summed E-state index contributed by atoms with van der Waals surface area (Å²) in [6.45, 7) is 10.5. The Kier molecular flexibility index (Phi) is 5.77. The summed E-state index contributed by atoms with van der Waals surface area (Å²) in [6, 6.07) is 1.44. The predicted octanol–water partition coefficient (Wildman–Crippen LogP) is 1.28. The van der Waals surface area contributed by atoms with Crippen LogP contribution in [0.4, 0.5) is 0 Å². The number of hydrogen-bond acceptors (Lipinski definition) is 2. The highest BCUT2D eigenvalue weighted by Crippen LogP contribution is 2.09. The van der Waals surface area contributed by atoms with Crippen LogP contribution in [-0.2, 0) is 0 Å². The quantitative estimate of drug-likeness (QED) is 0.564. The number of nitrogens with zero attached hydrogens (tertiary/aromatic N) is 2. The van der Waals surface area contributed by atoms with Crippen LogP contribution in [0.25, 0.3) is 0 Å². The second kappa shape index (κ2) is 6.01. The van der Waals surface area contributed by atoms with E-state index in [0.29, 0.717) is 6.04 Å². The standard InChI is InChI=1S/C9H20N2.C2H2/c1-8(2)11-6-5-10(4)9(3)7-11;1-2/h8-9H,5-7H2,1-4H3;1-2H/t9-;/m1./s1. The van der Waals surface area contributed by atoms with Gasteiger partial charge in [0.25, 0.3) is 0 Å². The number of rotatable bonds is 1. The lowest BCUT2D eigenvalue weighted by molar-refractivity contribution is 0.0832. The van der Waals surface area contributed by atoms with Crippen molar-refractivity contribution in [1.82, 2.24) is 9.80 Å². The Balaban J connectivity index is 0.000000671. The number of piperazine rings is 1. The molecule has 13 heavy (non-hydrogen) atoms. The highest BCUT2D eigenvalue weighted by Gasteiger charge is 2.21. The van der Waals surface area contributed by atoms with Gasteiger partial charge in [-0.15, -0.1) is 12.8 Å². The zero-order valence-corrected chi connectivity index (χ0v) is 9.33. The SMILES string of the molecule is C#C.CC(C)N1CCN(C)[C@H](C)C1. The highest BCUT2D eigenvalue weighted by molar-refractivity contribution is 4.78. The molecule has 1 saturated heterocycles. The van der Waals surface area contributed by atoms with Crippen molar-refractivity contribution >= 4 is 0 Å². The first-order valence-electron chi connectivity index (χ1n) is 4.89. The first-order valence-corrected chi connectivity index (χ1v) is 4.89. The Morgan fingerprint density at radius 1 is 1.23 bits per heavy atom. The zero-order valence-electron chi connectivity index (χ0n) is 9.33. The van der Waals surface area contributed by atoms with Crippen LogP contribution in [0.5, 0.6) is 0 Å². The van der Waals surface area contributed by atoms with E-state index in [0.717, 1.165) is 6.04 Å². The average Bonchev–Trinajstić information content (AvgIpc) is 2.13. The third-order valence-corrected chi connectivity index (χ3v) is 2.72. The molecule has 0 radical (unpaired) electrons. The topological polar surface area (TPSA) is 6.48 Å². The molecule has 2 nitrogen and oxygen atoms in total. The molecule has 2 heteroatoms. The molecule has 1 heterocycles. The molecule has 0 aliphatic carbocycles. The first kappa shape index (κ1) is 12.5. The minimum absolute atomic E-state index is 0.714. The monoisotopic (exact) mass is 182 g/mol. The summed E-state index contributed by atoms with van der Waals surface area (Å²) in [4.78, 5) is 4.98. The van der Waals surface area contributed by atoms with Crippen molar-refractivity contribution in [3.8, 4) is 12.8 Å². The third-order valence-electron chi connectivity index (χ3n) is 2.72. The van der Waals surface area contributed by atoms with Crippen LogP contribution in [0, 0.1) is 12.8 Å². The summed E-state index contributed by atoms with van der Waals surface area (Å²) >= 11 is 0.